The van der Waals surface area contributed by atoms with Crippen LogP contribution < -0.4 is 4.74 Å². The number of carbonyl (C=O) groups is 1. The maximum atomic E-state index is 13.0. The van der Waals surface area contributed by atoms with E-state index in [4.69, 9.17) is 4.74 Å². The van der Waals surface area contributed by atoms with E-state index in [-0.39, 0.29) is 5.91 Å². The van der Waals surface area contributed by atoms with Crippen molar-refractivity contribution < 1.29 is 9.53 Å². The van der Waals surface area contributed by atoms with Gasteiger partial charge in [0.1, 0.15) is 5.75 Å². The minimum Gasteiger partial charge on any atom is -0.497 e. The van der Waals surface area contributed by atoms with E-state index in [1.165, 1.54) is 0 Å². The van der Waals surface area contributed by atoms with Gasteiger partial charge in [-0.3, -0.25) is 14.9 Å². The first-order chi connectivity index (χ1) is 13.7. The molecule has 0 atom stereocenters. The molecule has 140 valence electrons. The number of fused-ring (bicyclic) bond motifs is 1. The van der Waals surface area contributed by atoms with E-state index < -0.39 is 0 Å². The van der Waals surface area contributed by atoms with Crippen molar-refractivity contribution in [3.63, 3.8) is 0 Å². The van der Waals surface area contributed by atoms with E-state index >= 15 is 0 Å². The minimum absolute atomic E-state index is 0.111. The van der Waals surface area contributed by atoms with E-state index in [0.717, 1.165) is 27.8 Å². The Hall–Kier alpha value is -3.67. The Balaban J connectivity index is 1.58. The van der Waals surface area contributed by atoms with Gasteiger partial charge in [-0.15, -0.1) is 0 Å². The topological polar surface area (TPSA) is 71.1 Å². The van der Waals surface area contributed by atoms with Crippen molar-refractivity contribution in [1.82, 2.24) is 20.1 Å². The number of H-pyrrole nitrogens is 1. The Morgan fingerprint density at radius 1 is 1.11 bits per heavy atom. The summed E-state index contributed by atoms with van der Waals surface area (Å²) in [6.45, 7) is 0.458. The van der Waals surface area contributed by atoms with Crippen molar-refractivity contribution in [3.8, 4) is 17.0 Å². The number of para-hydroxylation sites is 1. The molecule has 2 aromatic heterocycles. The molecular formula is C22H20N4O2. The lowest BCUT2D eigenvalue weighted by molar-refractivity contribution is 0.0786. The summed E-state index contributed by atoms with van der Waals surface area (Å²) in [6, 6.07) is 17.5. The molecule has 4 rings (SSSR count). The number of hydrogen-bond acceptors (Lipinski definition) is 4. The van der Waals surface area contributed by atoms with Gasteiger partial charge in [-0.1, -0.05) is 30.3 Å². The van der Waals surface area contributed by atoms with Crippen LogP contribution in [0.25, 0.3) is 22.2 Å². The predicted molar refractivity (Wildman–Crippen MR) is 108 cm³/mol. The molecule has 4 aromatic rings. The number of rotatable bonds is 5. The van der Waals surface area contributed by atoms with Crippen molar-refractivity contribution in [2.75, 3.05) is 14.2 Å². The summed E-state index contributed by atoms with van der Waals surface area (Å²) in [7, 11) is 3.39. The van der Waals surface area contributed by atoms with Crippen LogP contribution >= 0.6 is 0 Å². The summed E-state index contributed by atoms with van der Waals surface area (Å²) in [6.07, 6.45) is 3.37. The highest BCUT2D eigenvalue weighted by Gasteiger charge is 2.19. The normalized spacial score (nSPS) is 10.8. The average molecular weight is 372 g/mol. The smallest absolute Gasteiger partial charge is 0.257 e. The number of carbonyl (C=O) groups excluding carboxylic acids is 1. The van der Waals surface area contributed by atoms with Crippen LogP contribution in [0.15, 0.2) is 67.0 Å². The van der Waals surface area contributed by atoms with Crippen LogP contribution in [0.5, 0.6) is 5.75 Å². The number of nitrogens with zero attached hydrogens (tertiary/aromatic N) is 3. The number of benzene rings is 2. The summed E-state index contributed by atoms with van der Waals surface area (Å²) in [5, 5.41) is 8.07. The molecule has 0 spiro atoms. The zero-order chi connectivity index (χ0) is 19.5. The number of amides is 1. The van der Waals surface area contributed by atoms with E-state index in [1.54, 1.807) is 25.3 Å². The molecule has 6 heteroatoms. The molecular weight excluding hydrogens is 352 g/mol. The van der Waals surface area contributed by atoms with Crippen molar-refractivity contribution in [2.45, 2.75) is 6.54 Å². The van der Waals surface area contributed by atoms with Crippen LogP contribution in [0.4, 0.5) is 0 Å². The largest absolute Gasteiger partial charge is 0.497 e. The number of pyridine rings is 1. The Morgan fingerprint density at radius 3 is 2.82 bits per heavy atom. The molecule has 0 radical (unpaired) electrons. The SMILES string of the molecule is COc1cccc(-c2[nH]ncc2C(=O)N(C)Cc2cnc3ccccc3c2)c1. The lowest BCUT2D eigenvalue weighted by atomic mass is 10.1. The van der Waals surface area contributed by atoms with Crippen molar-refractivity contribution in [3.05, 3.63) is 78.1 Å². The molecule has 0 aliphatic heterocycles. The number of hydrogen-bond donors (Lipinski definition) is 1. The number of aromatic nitrogens is 3. The summed E-state index contributed by atoms with van der Waals surface area (Å²) in [5.41, 5.74) is 3.95. The first-order valence-electron chi connectivity index (χ1n) is 8.92. The minimum atomic E-state index is -0.111. The molecule has 0 unspecified atom stereocenters. The van der Waals surface area contributed by atoms with Gasteiger partial charge in [0, 0.05) is 30.7 Å². The van der Waals surface area contributed by atoms with Gasteiger partial charge in [0.05, 0.1) is 30.1 Å². The second kappa shape index (κ2) is 7.52. The van der Waals surface area contributed by atoms with Crippen LogP contribution in [0.2, 0.25) is 0 Å². The van der Waals surface area contributed by atoms with Gasteiger partial charge in [-0.05, 0) is 29.8 Å². The highest BCUT2D eigenvalue weighted by Crippen LogP contribution is 2.26. The second-order valence-corrected chi connectivity index (χ2v) is 6.59. The fraction of sp³-hybridized carbons (Fsp3) is 0.136. The standard InChI is InChI=1S/C22H20N4O2/c1-26(14-15-10-16-6-3-4-9-20(16)23-12-15)22(27)19-13-24-25-21(19)17-7-5-8-18(11-17)28-2/h3-13H,14H2,1-2H3,(H,24,25). The van der Waals surface area contributed by atoms with Gasteiger partial charge in [-0.25, -0.2) is 0 Å². The lowest BCUT2D eigenvalue weighted by Crippen LogP contribution is -2.26. The number of aromatic amines is 1. The molecule has 0 aliphatic carbocycles. The summed E-state index contributed by atoms with van der Waals surface area (Å²) in [5.74, 6) is 0.612. The van der Waals surface area contributed by atoms with Crippen LogP contribution in [-0.2, 0) is 6.54 Å². The Bertz CT molecular complexity index is 1140. The van der Waals surface area contributed by atoms with Gasteiger partial charge in [-0.2, -0.15) is 5.10 Å². The third kappa shape index (κ3) is 3.44. The summed E-state index contributed by atoms with van der Waals surface area (Å²) >= 11 is 0. The molecule has 2 aromatic carbocycles. The third-order valence-electron chi connectivity index (χ3n) is 4.64. The van der Waals surface area contributed by atoms with E-state index in [9.17, 15) is 4.79 Å². The van der Waals surface area contributed by atoms with Gasteiger partial charge in [0.25, 0.3) is 5.91 Å². The highest BCUT2D eigenvalue weighted by molar-refractivity contribution is 5.99. The zero-order valence-corrected chi connectivity index (χ0v) is 15.7. The number of nitrogens with one attached hydrogen (secondary N) is 1. The van der Waals surface area contributed by atoms with Crippen LogP contribution in [-0.4, -0.2) is 40.1 Å². The van der Waals surface area contributed by atoms with E-state index in [0.29, 0.717) is 17.8 Å². The number of ether oxygens (including phenoxy) is 1. The van der Waals surface area contributed by atoms with E-state index in [2.05, 4.69) is 21.2 Å². The monoisotopic (exact) mass is 372 g/mol. The zero-order valence-electron chi connectivity index (χ0n) is 15.7. The number of methoxy groups -OCH3 is 1. The van der Waals surface area contributed by atoms with Crippen molar-refractivity contribution in [2.24, 2.45) is 0 Å². The van der Waals surface area contributed by atoms with E-state index in [1.807, 2.05) is 54.7 Å². The molecule has 1 amide bonds. The lowest BCUT2D eigenvalue weighted by Gasteiger charge is -2.17. The van der Waals surface area contributed by atoms with Crippen LogP contribution in [0.1, 0.15) is 15.9 Å². The van der Waals surface area contributed by atoms with Crippen molar-refractivity contribution in [1.29, 1.82) is 0 Å². The van der Waals surface area contributed by atoms with Gasteiger partial charge < -0.3 is 9.64 Å². The van der Waals surface area contributed by atoms with Crippen LogP contribution in [0.3, 0.4) is 0 Å². The molecule has 0 bridgehead atoms. The van der Waals surface area contributed by atoms with Gasteiger partial charge in [0.2, 0.25) is 0 Å². The molecule has 0 fully saturated rings. The van der Waals surface area contributed by atoms with Gasteiger partial charge >= 0.3 is 0 Å². The van der Waals surface area contributed by atoms with Crippen LogP contribution in [0, 0.1) is 0 Å². The third-order valence-corrected chi connectivity index (χ3v) is 4.64. The quantitative estimate of drug-likeness (QED) is 0.577. The fourth-order valence-corrected chi connectivity index (χ4v) is 3.20. The molecule has 0 saturated carbocycles. The molecule has 6 nitrogen and oxygen atoms in total. The Kier molecular flexibility index (Phi) is 4.76. The molecule has 1 N–H and O–H groups in total. The van der Waals surface area contributed by atoms with Gasteiger partial charge in [0.15, 0.2) is 0 Å². The first-order valence-corrected chi connectivity index (χ1v) is 8.92. The molecule has 28 heavy (non-hydrogen) atoms. The highest BCUT2D eigenvalue weighted by atomic mass is 16.5. The molecule has 0 aliphatic rings. The maximum absolute atomic E-state index is 13.0. The second-order valence-electron chi connectivity index (χ2n) is 6.59. The Labute approximate surface area is 162 Å². The fourth-order valence-electron chi connectivity index (χ4n) is 3.20. The molecule has 2 heterocycles. The summed E-state index contributed by atoms with van der Waals surface area (Å²) in [4.78, 5) is 19.2. The Morgan fingerprint density at radius 2 is 1.96 bits per heavy atom. The molecule has 0 saturated heterocycles. The van der Waals surface area contributed by atoms with Crippen molar-refractivity contribution >= 4 is 16.8 Å². The first kappa shape index (κ1) is 17.7. The maximum Gasteiger partial charge on any atom is 0.257 e. The predicted octanol–water partition coefficient (Wildman–Crippen LogP) is 3.91. The summed E-state index contributed by atoms with van der Waals surface area (Å²) < 4.78 is 5.28. The average Bonchev–Trinajstić information content (AvgIpc) is 3.23.